The van der Waals surface area contributed by atoms with Gasteiger partial charge in [-0.1, -0.05) is 32.5 Å². The maximum absolute atomic E-state index is 13.4. The largest absolute Gasteiger partial charge is 0.332 e. The summed E-state index contributed by atoms with van der Waals surface area (Å²) in [6.07, 6.45) is 0.0983. The monoisotopic (exact) mass is 484 g/mol. The zero-order chi connectivity index (χ0) is 25.2. The van der Waals surface area contributed by atoms with Gasteiger partial charge in [-0.05, 0) is 24.3 Å². The number of anilines is 1. The Morgan fingerprint density at radius 1 is 1.15 bits per heavy atom. The normalized spacial score (nSPS) is 11.4. The lowest BCUT2D eigenvalue weighted by Crippen LogP contribution is -2.38. The molecular weight excluding hydrogens is 459 g/mol. The molecule has 0 atom stereocenters. The van der Waals surface area contributed by atoms with Gasteiger partial charge < -0.3 is 4.90 Å². The fraction of sp³-hybridized carbons (Fsp3) is 0.391. The van der Waals surface area contributed by atoms with Crippen molar-refractivity contribution in [2.45, 2.75) is 37.6 Å². The van der Waals surface area contributed by atoms with Gasteiger partial charge in [0.15, 0.2) is 5.65 Å². The van der Waals surface area contributed by atoms with Gasteiger partial charge in [0.1, 0.15) is 22.1 Å². The zero-order valence-corrected chi connectivity index (χ0v) is 20.4. The minimum atomic E-state index is -0.548. The van der Waals surface area contributed by atoms with Crippen molar-refractivity contribution in [2.75, 3.05) is 17.2 Å². The van der Waals surface area contributed by atoms with E-state index in [2.05, 4.69) is 9.97 Å². The predicted octanol–water partition coefficient (Wildman–Crippen LogP) is 2.50. The van der Waals surface area contributed by atoms with Crippen LogP contribution in [0, 0.1) is 17.1 Å². The summed E-state index contributed by atoms with van der Waals surface area (Å²) >= 11 is 1.06. The number of hydrogen-bond donors (Lipinski definition) is 0. The number of thioether (sulfide) groups is 1. The highest BCUT2D eigenvalue weighted by atomic mass is 32.2. The Kier molecular flexibility index (Phi) is 7.21. The van der Waals surface area contributed by atoms with Crippen LogP contribution in [0.15, 0.2) is 38.9 Å². The number of amides is 1. The van der Waals surface area contributed by atoms with E-state index < -0.39 is 22.5 Å². The average molecular weight is 485 g/mol. The number of hydrogen-bond acceptors (Lipinski definition) is 7. The fourth-order valence-corrected chi connectivity index (χ4v) is 4.15. The van der Waals surface area contributed by atoms with Crippen LogP contribution in [0.2, 0.25) is 0 Å². The molecule has 3 rings (SSSR count). The van der Waals surface area contributed by atoms with Crippen LogP contribution < -0.4 is 16.1 Å². The third-order valence-corrected chi connectivity index (χ3v) is 6.12. The van der Waals surface area contributed by atoms with Crippen LogP contribution in [0.1, 0.15) is 33.0 Å². The summed E-state index contributed by atoms with van der Waals surface area (Å²) in [5.74, 6) is -0.435. The standard InChI is InChI=1S/C23H25FN6O3S/c1-23(2,3)21-26-18-17(20(32)29(5)22(33)28(18)4)19(27-21)34-13-16(31)30(12-6-11-25)15-9-7-14(24)8-10-15/h7-10H,6,12-13H2,1-5H3. The fourth-order valence-electron chi connectivity index (χ4n) is 3.26. The van der Waals surface area contributed by atoms with Crippen molar-refractivity contribution >= 4 is 34.4 Å². The molecule has 0 fully saturated rings. The van der Waals surface area contributed by atoms with Crippen LogP contribution in [-0.4, -0.2) is 37.3 Å². The summed E-state index contributed by atoms with van der Waals surface area (Å²) in [5.41, 5.74) is -0.876. The molecule has 0 radical (unpaired) electrons. The number of rotatable bonds is 6. The number of aryl methyl sites for hydroxylation is 1. The summed E-state index contributed by atoms with van der Waals surface area (Å²) in [6, 6.07) is 7.44. The van der Waals surface area contributed by atoms with E-state index in [1.165, 1.54) is 47.8 Å². The van der Waals surface area contributed by atoms with Crippen LogP contribution >= 0.6 is 11.8 Å². The van der Waals surface area contributed by atoms with Crippen LogP contribution in [-0.2, 0) is 24.3 Å². The Hall–Kier alpha value is -3.52. The second kappa shape index (κ2) is 9.77. The molecule has 0 unspecified atom stereocenters. The molecular formula is C23H25FN6O3S. The molecule has 9 nitrogen and oxygen atoms in total. The molecule has 34 heavy (non-hydrogen) atoms. The first-order chi connectivity index (χ1) is 16.0. The van der Waals surface area contributed by atoms with Gasteiger partial charge >= 0.3 is 5.69 Å². The molecule has 2 heterocycles. The Morgan fingerprint density at radius 3 is 2.38 bits per heavy atom. The minimum absolute atomic E-state index is 0.0928. The lowest BCUT2D eigenvalue weighted by atomic mass is 9.96. The van der Waals surface area contributed by atoms with E-state index in [1.54, 1.807) is 0 Å². The summed E-state index contributed by atoms with van der Waals surface area (Å²) in [7, 11) is 2.90. The number of carbonyl (C=O) groups is 1. The molecule has 2 aromatic heterocycles. The Labute approximate surface area is 199 Å². The smallest absolute Gasteiger partial charge is 0.311 e. The van der Waals surface area contributed by atoms with Crippen molar-refractivity contribution in [1.29, 1.82) is 5.26 Å². The van der Waals surface area contributed by atoms with E-state index in [-0.39, 0.29) is 35.7 Å². The molecule has 11 heteroatoms. The van der Waals surface area contributed by atoms with Gasteiger partial charge in [-0.3, -0.25) is 18.7 Å². The van der Waals surface area contributed by atoms with Gasteiger partial charge in [-0.2, -0.15) is 5.26 Å². The summed E-state index contributed by atoms with van der Waals surface area (Å²) in [4.78, 5) is 49.0. The van der Waals surface area contributed by atoms with E-state index in [4.69, 9.17) is 5.26 Å². The quantitative estimate of drug-likeness (QED) is 0.390. The topological polar surface area (TPSA) is 114 Å². The van der Waals surface area contributed by atoms with Gasteiger partial charge in [0.05, 0.1) is 18.2 Å². The second-order valence-corrected chi connectivity index (χ2v) is 9.69. The number of carbonyl (C=O) groups excluding carboxylic acids is 1. The number of aromatic nitrogens is 4. The van der Waals surface area contributed by atoms with Crippen LogP contribution in [0.25, 0.3) is 11.0 Å². The molecule has 0 aliphatic rings. The van der Waals surface area contributed by atoms with Gasteiger partial charge in [0.25, 0.3) is 5.56 Å². The Morgan fingerprint density at radius 2 is 1.79 bits per heavy atom. The number of nitriles is 1. The highest BCUT2D eigenvalue weighted by Crippen LogP contribution is 2.28. The molecule has 1 amide bonds. The van der Waals surface area contributed by atoms with Crippen LogP contribution in [0.3, 0.4) is 0 Å². The van der Waals surface area contributed by atoms with Crippen molar-refractivity contribution in [3.8, 4) is 6.07 Å². The lowest BCUT2D eigenvalue weighted by Gasteiger charge is -2.22. The molecule has 1 aromatic carbocycles. The Bertz CT molecular complexity index is 1400. The molecule has 178 valence electrons. The highest BCUT2D eigenvalue weighted by molar-refractivity contribution is 8.00. The van der Waals surface area contributed by atoms with Crippen molar-refractivity contribution in [3.63, 3.8) is 0 Å². The average Bonchev–Trinajstić information content (AvgIpc) is 2.80. The van der Waals surface area contributed by atoms with E-state index in [1.807, 2.05) is 26.8 Å². The highest BCUT2D eigenvalue weighted by Gasteiger charge is 2.25. The molecule has 0 bridgehead atoms. The summed E-state index contributed by atoms with van der Waals surface area (Å²) in [5, 5.41) is 9.43. The summed E-state index contributed by atoms with van der Waals surface area (Å²) in [6.45, 7) is 5.86. The van der Waals surface area contributed by atoms with E-state index in [0.717, 1.165) is 16.3 Å². The van der Waals surface area contributed by atoms with Crippen molar-refractivity contribution in [1.82, 2.24) is 19.1 Å². The van der Waals surface area contributed by atoms with Gasteiger partial charge in [-0.25, -0.2) is 19.2 Å². The maximum Gasteiger partial charge on any atom is 0.332 e. The van der Waals surface area contributed by atoms with Crippen molar-refractivity contribution in [2.24, 2.45) is 14.1 Å². The van der Waals surface area contributed by atoms with Crippen molar-refractivity contribution in [3.05, 3.63) is 56.7 Å². The first kappa shape index (κ1) is 25.1. The SMILES string of the molecule is Cn1c(=O)c2c(SCC(=O)N(CCC#N)c3ccc(F)cc3)nc(C(C)(C)C)nc2n(C)c1=O. The zero-order valence-electron chi connectivity index (χ0n) is 19.6. The lowest BCUT2D eigenvalue weighted by molar-refractivity contribution is -0.116. The number of nitrogens with zero attached hydrogens (tertiary/aromatic N) is 6. The number of halogens is 1. The number of benzene rings is 1. The van der Waals surface area contributed by atoms with E-state index >= 15 is 0 Å². The molecule has 0 saturated carbocycles. The Balaban J connectivity index is 2.05. The molecule has 3 aromatic rings. The third kappa shape index (κ3) is 5.02. The molecule has 0 spiro atoms. The second-order valence-electron chi connectivity index (χ2n) is 8.73. The first-order valence-corrected chi connectivity index (χ1v) is 11.5. The number of fused-ring (bicyclic) bond motifs is 1. The summed E-state index contributed by atoms with van der Waals surface area (Å²) < 4.78 is 15.6. The molecule has 0 N–H and O–H groups in total. The molecule has 0 aliphatic carbocycles. The first-order valence-electron chi connectivity index (χ1n) is 10.5. The molecule has 0 saturated heterocycles. The van der Waals surface area contributed by atoms with E-state index in [9.17, 15) is 18.8 Å². The predicted molar refractivity (Wildman–Crippen MR) is 128 cm³/mol. The third-order valence-electron chi connectivity index (χ3n) is 5.16. The van der Waals surface area contributed by atoms with Crippen LogP contribution in [0.5, 0.6) is 0 Å². The van der Waals surface area contributed by atoms with Gasteiger partial charge in [-0.15, -0.1) is 0 Å². The van der Waals surface area contributed by atoms with Crippen LogP contribution in [0.4, 0.5) is 10.1 Å². The van der Waals surface area contributed by atoms with Gasteiger partial charge in [0, 0.05) is 31.7 Å². The molecule has 0 aliphatic heterocycles. The van der Waals surface area contributed by atoms with Crippen molar-refractivity contribution < 1.29 is 9.18 Å². The van der Waals surface area contributed by atoms with Gasteiger partial charge in [0.2, 0.25) is 5.91 Å². The van der Waals surface area contributed by atoms with E-state index in [0.29, 0.717) is 16.5 Å². The maximum atomic E-state index is 13.4. The minimum Gasteiger partial charge on any atom is -0.311 e.